The molecule has 0 N–H and O–H groups in total. The molecule has 0 aromatic carbocycles. The number of alkyl halides is 3. The first-order valence-electron chi connectivity index (χ1n) is 5.81. The number of rotatable bonds is 2. The number of hydrogen-bond donors (Lipinski definition) is 0. The number of hydrogen-bond acceptors (Lipinski definition) is 5. The maximum absolute atomic E-state index is 12.6. The van der Waals surface area contributed by atoms with E-state index in [1.165, 1.54) is 17.4 Å². The summed E-state index contributed by atoms with van der Waals surface area (Å²) in [5.41, 5.74) is 0.368. The van der Waals surface area contributed by atoms with Gasteiger partial charge in [-0.15, -0.1) is 29.1 Å². The van der Waals surface area contributed by atoms with Crippen LogP contribution in [0.5, 0.6) is 0 Å². The maximum atomic E-state index is 12.6. The lowest BCUT2D eigenvalue weighted by atomic mass is 10.3. The van der Waals surface area contributed by atoms with E-state index in [-0.39, 0.29) is 5.01 Å². The first-order chi connectivity index (χ1) is 10.5. The Labute approximate surface area is 131 Å². The summed E-state index contributed by atoms with van der Waals surface area (Å²) in [7, 11) is 0. The zero-order valence-corrected chi connectivity index (χ0v) is 12.3. The van der Waals surface area contributed by atoms with Crippen LogP contribution in [0.25, 0.3) is 21.4 Å². The van der Waals surface area contributed by atoms with Gasteiger partial charge in [-0.05, 0) is 24.1 Å². The third-order valence-electron chi connectivity index (χ3n) is 2.57. The fourth-order valence-corrected chi connectivity index (χ4v) is 3.10. The summed E-state index contributed by atoms with van der Waals surface area (Å²) in [5, 5.41) is 3.43. The Hall–Kier alpha value is -2.24. The minimum Gasteiger partial charge on any atom is -0.243 e. The highest BCUT2D eigenvalue weighted by Crippen LogP contribution is 2.33. The highest BCUT2D eigenvalue weighted by Gasteiger charge is 2.33. The van der Waals surface area contributed by atoms with Crippen LogP contribution >= 0.6 is 22.7 Å². The van der Waals surface area contributed by atoms with Gasteiger partial charge in [0.1, 0.15) is 27.1 Å². The highest BCUT2D eigenvalue weighted by molar-refractivity contribution is 7.13. The zero-order valence-electron chi connectivity index (χ0n) is 10.7. The van der Waals surface area contributed by atoms with Crippen molar-refractivity contribution in [3.05, 3.63) is 40.3 Å². The number of pyridine rings is 1. The summed E-state index contributed by atoms with van der Waals surface area (Å²) in [6.07, 6.45) is 0.792. The average Bonchev–Trinajstić information content (AvgIpc) is 3.16. The van der Waals surface area contributed by atoms with E-state index in [0.29, 0.717) is 22.1 Å². The van der Waals surface area contributed by atoms with Crippen LogP contribution in [0.15, 0.2) is 22.9 Å². The lowest BCUT2D eigenvalue weighted by molar-refractivity contribution is -0.140. The van der Waals surface area contributed by atoms with E-state index in [9.17, 15) is 13.2 Å². The second-order valence-corrected chi connectivity index (χ2v) is 5.77. The van der Waals surface area contributed by atoms with Crippen LogP contribution in [-0.2, 0) is 6.18 Å². The van der Waals surface area contributed by atoms with Gasteiger partial charge in [-0.25, -0.2) is 15.0 Å². The van der Waals surface area contributed by atoms with E-state index in [1.807, 2.05) is 0 Å². The second kappa shape index (κ2) is 5.51. The molecule has 3 aromatic heterocycles. The van der Waals surface area contributed by atoms with Crippen LogP contribution in [0.2, 0.25) is 0 Å². The molecule has 109 valence electrons. The fraction of sp³-hybridized carbons (Fsp3) is 0.0714. The molecular weight excluding hydrogens is 331 g/mol. The molecule has 0 aliphatic rings. The molecule has 0 aliphatic heterocycles. The van der Waals surface area contributed by atoms with Crippen LogP contribution in [0.3, 0.4) is 0 Å². The van der Waals surface area contributed by atoms with Crippen LogP contribution in [-0.4, -0.2) is 15.0 Å². The minimum absolute atomic E-state index is 0.180. The van der Waals surface area contributed by atoms with Crippen molar-refractivity contribution in [3.8, 4) is 33.7 Å². The molecule has 0 aliphatic carbocycles. The molecule has 0 spiro atoms. The molecule has 0 unspecified atom stereocenters. The predicted octanol–water partition coefficient (Wildman–Crippen LogP) is 4.13. The summed E-state index contributed by atoms with van der Waals surface area (Å²) in [6, 6.07) is 5.92. The molecule has 3 nitrogen and oxygen atoms in total. The molecule has 0 saturated carbocycles. The highest BCUT2D eigenvalue weighted by atomic mass is 32.1. The molecule has 0 fully saturated rings. The van der Waals surface area contributed by atoms with Crippen molar-refractivity contribution in [2.45, 2.75) is 6.18 Å². The first kappa shape index (κ1) is 14.7. The molecule has 3 rings (SSSR count). The molecule has 0 amide bonds. The standard InChI is InChI=1S/C14H5F3N3S2/c1-2-8-6-21-12(18-8)9-4-3-5-10(19-9)13-20-11(7-22-13)14(15,16)17/h1,4-7H. The van der Waals surface area contributed by atoms with E-state index in [2.05, 4.69) is 26.9 Å². The predicted molar refractivity (Wildman–Crippen MR) is 78.2 cm³/mol. The van der Waals surface area contributed by atoms with E-state index >= 15 is 0 Å². The molecule has 0 saturated heterocycles. The van der Waals surface area contributed by atoms with Crippen molar-refractivity contribution in [3.63, 3.8) is 0 Å². The van der Waals surface area contributed by atoms with Gasteiger partial charge in [0.2, 0.25) is 0 Å². The number of aromatic nitrogens is 3. The molecule has 0 bridgehead atoms. The summed E-state index contributed by atoms with van der Waals surface area (Å²) in [6.45, 7) is 0. The van der Waals surface area contributed by atoms with Crippen LogP contribution in [0, 0.1) is 18.4 Å². The topological polar surface area (TPSA) is 38.7 Å². The quantitative estimate of drug-likeness (QED) is 0.661. The van der Waals surface area contributed by atoms with Gasteiger partial charge < -0.3 is 0 Å². The van der Waals surface area contributed by atoms with Crippen molar-refractivity contribution < 1.29 is 13.2 Å². The Bertz CT molecular complexity index is 859. The van der Waals surface area contributed by atoms with Crippen LogP contribution in [0.4, 0.5) is 13.2 Å². The fourth-order valence-electron chi connectivity index (χ4n) is 1.59. The SMILES string of the molecule is C#Cc1csc(-c2c[c]cc(-c3nc(C(F)(F)F)cs3)n2)n1. The van der Waals surface area contributed by atoms with Gasteiger partial charge in [0.25, 0.3) is 0 Å². The molecule has 3 aromatic rings. The number of halogens is 3. The third kappa shape index (κ3) is 2.86. The molecule has 1 radical (unpaired) electrons. The van der Waals surface area contributed by atoms with Gasteiger partial charge in [0.05, 0.1) is 0 Å². The van der Waals surface area contributed by atoms with E-state index in [1.54, 1.807) is 11.4 Å². The van der Waals surface area contributed by atoms with Crippen molar-refractivity contribution in [2.75, 3.05) is 0 Å². The summed E-state index contributed by atoms with van der Waals surface area (Å²) < 4.78 is 37.8. The van der Waals surface area contributed by atoms with Crippen molar-refractivity contribution in [2.24, 2.45) is 0 Å². The minimum atomic E-state index is -4.47. The first-order valence-corrected chi connectivity index (χ1v) is 7.57. The van der Waals surface area contributed by atoms with Crippen molar-refractivity contribution >= 4 is 22.7 Å². The molecular formula is C14H5F3N3S2. The number of nitrogens with zero attached hydrogens (tertiary/aromatic N) is 3. The van der Waals surface area contributed by atoms with Gasteiger partial charge in [-0.1, -0.05) is 0 Å². The summed E-state index contributed by atoms with van der Waals surface area (Å²) in [4.78, 5) is 12.0. The van der Waals surface area contributed by atoms with E-state index in [0.717, 1.165) is 16.7 Å². The van der Waals surface area contributed by atoms with Crippen molar-refractivity contribution in [1.29, 1.82) is 0 Å². The number of thiazole rings is 2. The Morgan fingerprint density at radius 2 is 1.64 bits per heavy atom. The lowest BCUT2D eigenvalue weighted by Gasteiger charge is -2.01. The molecule has 22 heavy (non-hydrogen) atoms. The van der Waals surface area contributed by atoms with Gasteiger partial charge in [-0.3, -0.25) is 0 Å². The van der Waals surface area contributed by atoms with Gasteiger partial charge in [0.15, 0.2) is 5.69 Å². The third-order valence-corrected chi connectivity index (χ3v) is 4.30. The zero-order chi connectivity index (χ0) is 15.7. The number of terminal acetylenes is 1. The maximum Gasteiger partial charge on any atom is 0.434 e. The monoisotopic (exact) mass is 336 g/mol. The Morgan fingerprint density at radius 3 is 2.18 bits per heavy atom. The largest absolute Gasteiger partial charge is 0.434 e. The normalized spacial score (nSPS) is 11.4. The second-order valence-electron chi connectivity index (χ2n) is 4.06. The van der Waals surface area contributed by atoms with Crippen LogP contribution in [0.1, 0.15) is 11.4 Å². The van der Waals surface area contributed by atoms with E-state index < -0.39 is 11.9 Å². The van der Waals surface area contributed by atoms with Crippen LogP contribution < -0.4 is 0 Å². The smallest absolute Gasteiger partial charge is 0.243 e. The Morgan fingerprint density at radius 1 is 1.00 bits per heavy atom. The molecule has 0 atom stereocenters. The van der Waals surface area contributed by atoms with Gasteiger partial charge in [0, 0.05) is 10.8 Å². The average molecular weight is 336 g/mol. The summed E-state index contributed by atoms with van der Waals surface area (Å²) >= 11 is 2.19. The van der Waals surface area contributed by atoms with Crippen molar-refractivity contribution in [1.82, 2.24) is 15.0 Å². The molecule has 8 heteroatoms. The summed E-state index contributed by atoms with van der Waals surface area (Å²) in [5.74, 6) is 2.41. The van der Waals surface area contributed by atoms with Gasteiger partial charge >= 0.3 is 6.18 Å². The molecule has 3 heterocycles. The Kier molecular flexibility index (Phi) is 3.68. The van der Waals surface area contributed by atoms with E-state index in [4.69, 9.17) is 6.42 Å². The van der Waals surface area contributed by atoms with Gasteiger partial charge in [-0.2, -0.15) is 13.2 Å². The Balaban J connectivity index is 1.98. The lowest BCUT2D eigenvalue weighted by Crippen LogP contribution is -2.04.